The molecule has 12 heteroatoms. The average Bonchev–Trinajstić information content (AvgIpc) is 3.36. The number of pyridine rings is 1. The predicted molar refractivity (Wildman–Crippen MR) is 110 cm³/mol. The van der Waals surface area contributed by atoms with Gasteiger partial charge in [0, 0.05) is 62.3 Å². The SMILES string of the molecule is CN(C)S(=O)(=O)N1CC(CC#N)(n2cc(-c3c(C#N)cnc4c3ccn4CO)cn2)C1. The van der Waals surface area contributed by atoms with E-state index in [1.54, 1.807) is 33.9 Å². The monoisotopic (exact) mass is 440 g/mol. The lowest BCUT2D eigenvalue weighted by atomic mass is 9.89. The van der Waals surface area contributed by atoms with Gasteiger partial charge in [-0.1, -0.05) is 0 Å². The fourth-order valence-corrected chi connectivity index (χ4v) is 5.12. The summed E-state index contributed by atoms with van der Waals surface area (Å²) in [5, 5.41) is 33.6. The smallest absolute Gasteiger partial charge is 0.281 e. The molecule has 31 heavy (non-hydrogen) atoms. The number of hydrogen-bond acceptors (Lipinski definition) is 7. The van der Waals surface area contributed by atoms with Gasteiger partial charge in [0.05, 0.1) is 24.3 Å². The first-order chi connectivity index (χ1) is 14.8. The van der Waals surface area contributed by atoms with E-state index in [4.69, 9.17) is 0 Å². The van der Waals surface area contributed by atoms with Crippen LogP contribution in [0.4, 0.5) is 0 Å². The van der Waals surface area contributed by atoms with Gasteiger partial charge in [-0.3, -0.25) is 4.68 Å². The van der Waals surface area contributed by atoms with Crippen molar-refractivity contribution in [2.24, 2.45) is 0 Å². The van der Waals surface area contributed by atoms with E-state index in [-0.39, 0.29) is 26.2 Å². The molecule has 3 aromatic heterocycles. The molecule has 1 saturated heterocycles. The molecule has 1 aliphatic rings. The van der Waals surface area contributed by atoms with Gasteiger partial charge < -0.3 is 9.67 Å². The van der Waals surface area contributed by atoms with Crippen molar-refractivity contribution in [3.05, 3.63) is 36.4 Å². The number of nitriles is 2. The molecule has 0 spiro atoms. The molecule has 1 fully saturated rings. The Morgan fingerprint density at radius 3 is 2.65 bits per heavy atom. The molecule has 0 unspecified atom stereocenters. The summed E-state index contributed by atoms with van der Waals surface area (Å²) in [6.07, 6.45) is 6.53. The molecule has 1 N–H and O–H groups in total. The van der Waals surface area contributed by atoms with E-state index in [1.165, 1.54) is 24.6 Å². The van der Waals surface area contributed by atoms with E-state index in [0.29, 0.717) is 27.7 Å². The van der Waals surface area contributed by atoms with Crippen molar-refractivity contribution in [3.8, 4) is 23.3 Å². The summed E-state index contributed by atoms with van der Waals surface area (Å²) < 4.78 is 30.4. The maximum atomic E-state index is 12.4. The van der Waals surface area contributed by atoms with Crippen molar-refractivity contribution in [2.45, 2.75) is 18.7 Å². The average molecular weight is 440 g/mol. The lowest BCUT2D eigenvalue weighted by Crippen LogP contribution is -2.65. The van der Waals surface area contributed by atoms with Crippen molar-refractivity contribution in [1.29, 1.82) is 10.5 Å². The minimum absolute atomic E-state index is 0.0886. The molecule has 0 bridgehead atoms. The summed E-state index contributed by atoms with van der Waals surface area (Å²) in [5.74, 6) is 0. The van der Waals surface area contributed by atoms with Crippen LogP contribution in [0.25, 0.3) is 22.2 Å². The summed E-state index contributed by atoms with van der Waals surface area (Å²) in [6.45, 7) is 0.00244. The van der Waals surface area contributed by atoms with Gasteiger partial charge in [0.2, 0.25) is 0 Å². The van der Waals surface area contributed by atoms with Crippen molar-refractivity contribution in [1.82, 2.24) is 27.9 Å². The number of fused-ring (bicyclic) bond motifs is 1. The number of nitrogens with zero attached hydrogens (tertiary/aromatic N) is 8. The van der Waals surface area contributed by atoms with Gasteiger partial charge >= 0.3 is 0 Å². The summed E-state index contributed by atoms with van der Waals surface area (Å²) in [5.41, 5.74) is 1.36. The van der Waals surface area contributed by atoms with Crippen LogP contribution in [0, 0.1) is 22.7 Å². The van der Waals surface area contributed by atoms with Gasteiger partial charge in [-0.25, -0.2) is 4.98 Å². The van der Waals surface area contributed by atoms with E-state index in [1.807, 2.05) is 0 Å². The Hall–Kier alpha value is -3.29. The molecule has 0 saturated carbocycles. The van der Waals surface area contributed by atoms with E-state index < -0.39 is 15.7 Å². The lowest BCUT2D eigenvalue weighted by molar-refractivity contribution is 0.0675. The Morgan fingerprint density at radius 2 is 2.03 bits per heavy atom. The quantitative estimate of drug-likeness (QED) is 0.586. The van der Waals surface area contributed by atoms with Gasteiger partial charge in [-0.2, -0.15) is 32.7 Å². The van der Waals surface area contributed by atoms with Gasteiger partial charge in [0.25, 0.3) is 10.2 Å². The molecule has 0 aliphatic carbocycles. The molecule has 4 rings (SSSR count). The molecule has 3 aromatic rings. The second-order valence-corrected chi connectivity index (χ2v) is 9.76. The van der Waals surface area contributed by atoms with Crippen LogP contribution >= 0.6 is 0 Å². The van der Waals surface area contributed by atoms with Gasteiger partial charge in [0.1, 0.15) is 24.0 Å². The van der Waals surface area contributed by atoms with Crippen molar-refractivity contribution >= 4 is 21.2 Å². The second-order valence-electron chi connectivity index (χ2n) is 7.61. The van der Waals surface area contributed by atoms with E-state index in [9.17, 15) is 24.0 Å². The molecule has 160 valence electrons. The summed E-state index contributed by atoms with van der Waals surface area (Å²) in [4.78, 5) is 4.27. The molecule has 11 nitrogen and oxygen atoms in total. The molecule has 0 aromatic carbocycles. The highest BCUT2D eigenvalue weighted by atomic mass is 32.2. The number of aliphatic hydroxyl groups is 1. The van der Waals surface area contributed by atoms with Crippen LogP contribution in [0.3, 0.4) is 0 Å². The zero-order valence-corrected chi connectivity index (χ0v) is 17.8. The molecular formula is C19H20N8O3S. The highest BCUT2D eigenvalue weighted by Gasteiger charge is 2.50. The number of rotatable bonds is 6. The topological polar surface area (TPSA) is 144 Å². The van der Waals surface area contributed by atoms with Gasteiger partial charge in [0.15, 0.2) is 0 Å². The molecule has 1 aliphatic heterocycles. The summed E-state index contributed by atoms with van der Waals surface area (Å²) >= 11 is 0. The van der Waals surface area contributed by atoms with Gasteiger partial charge in [-0.15, -0.1) is 0 Å². The van der Waals surface area contributed by atoms with Crippen LogP contribution in [-0.4, -0.2) is 68.7 Å². The Balaban J connectivity index is 1.76. The van der Waals surface area contributed by atoms with E-state index in [0.717, 1.165) is 4.31 Å². The first-order valence-electron chi connectivity index (χ1n) is 9.36. The zero-order chi connectivity index (χ0) is 22.4. The standard InChI is InChI=1S/C19H20N8O3S/c1-24(2)31(29,30)26-11-19(12-26,4-5-20)27-10-15(9-23-27)17-14(7-21)8-22-18-16(17)3-6-25(18)13-28/h3,6,8-10,28H,4,11-13H2,1-2H3. The maximum absolute atomic E-state index is 12.4. The third-order valence-electron chi connectivity index (χ3n) is 5.56. The highest BCUT2D eigenvalue weighted by molar-refractivity contribution is 7.86. The fraction of sp³-hybridized carbons (Fsp3) is 0.368. The zero-order valence-electron chi connectivity index (χ0n) is 17.0. The second kappa shape index (κ2) is 7.44. The van der Waals surface area contributed by atoms with E-state index >= 15 is 0 Å². The van der Waals surface area contributed by atoms with Crippen LogP contribution < -0.4 is 0 Å². The summed E-state index contributed by atoms with van der Waals surface area (Å²) in [7, 11) is -0.663. The fourth-order valence-electron chi connectivity index (χ4n) is 3.85. The minimum Gasteiger partial charge on any atom is -0.376 e. The van der Waals surface area contributed by atoms with Crippen LogP contribution in [0.1, 0.15) is 12.0 Å². The molecular weight excluding hydrogens is 420 g/mol. The van der Waals surface area contributed by atoms with Crippen molar-refractivity contribution in [2.75, 3.05) is 27.2 Å². The van der Waals surface area contributed by atoms with Gasteiger partial charge in [-0.05, 0) is 6.07 Å². The Labute approximate surface area is 179 Å². The molecule has 0 atom stereocenters. The van der Waals surface area contributed by atoms with Crippen LogP contribution in [0.2, 0.25) is 0 Å². The molecule has 4 heterocycles. The molecule has 0 amide bonds. The third kappa shape index (κ3) is 3.17. The molecule has 0 radical (unpaired) electrons. The number of aromatic nitrogens is 4. The Bertz CT molecular complexity index is 1340. The number of hydrogen-bond donors (Lipinski definition) is 1. The number of aliphatic hydroxyl groups excluding tert-OH is 1. The Kier molecular flexibility index (Phi) is 5.03. The predicted octanol–water partition coefficient (Wildman–Crippen LogP) is 0.452. The summed E-state index contributed by atoms with van der Waals surface area (Å²) in [6, 6.07) is 6.04. The van der Waals surface area contributed by atoms with Crippen molar-refractivity contribution < 1.29 is 13.5 Å². The van der Waals surface area contributed by atoms with Crippen LogP contribution in [0.15, 0.2) is 30.9 Å². The third-order valence-corrected chi connectivity index (χ3v) is 7.39. The minimum atomic E-state index is -3.58. The lowest BCUT2D eigenvalue weighted by Gasteiger charge is -2.48. The Morgan fingerprint density at radius 1 is 1.29 bits per heavy atom. The largest absolute Gasteiger partial charge is 0.376 e. The van der Waals surface area contributed by atoms with Crippen LogP contribution in [-0.2, 0) is 22.5 Å². The normalized spacial score (nSPS) is 16.2. The highest BCUT2D eigenvalue weighted by Crippen LogP contribution is 2.37. The first kappa shape index (κ1) is 21.0. The maximum Gasteiger partial charge on any atom is 0.281 e. The van der Waals surface area contributed by atoms with Crippen molar-refractivity contribution in [3.63, 3.8) is 0 Å². The van der Waals surface area contributed by atoms with E-state index in [2.05, 4.69) is 22.2 Å². The van der Waals surface area contributed by atoms with Crippen LogP contribution in [0.5, 0.6) is 0 Å². The first-order valence-corrected chi connectivity index (χ1v) is 10.8.